The van der Waals surface area contributed by atoms with Crippen LogP contribution in [0.5, 0.6) is 11.5 Å². The molecule has 0 fully saturated rings. The minimum atomic E-state index is -0.307. The minimum Gasteiger partial charge on any atom is -0.507 e. The fourth-order valence-electron chi connectivity index (χ4n) is 8.40. The van der Waals surface area contributed by atoms with Crippen LogP contribution in [0.15, 0.2) is 60.7 Å². The summed E-state index contributed by atoms with van der Waals surface area (Å²) >= 11 is 0. The first kappa shape index (κ1) is 43.7. The molecule has 1 aromatic heterocycles. The molecule has 1 aliphatic rings. The number of aryl methyl sites for hydroxylation is 1. The molecule has 6 rings (SSSR count). The standard InChI is InChI=1S/C52H69N5O2/c1-14-15-16-17-18-19-22-32-25-26-37-36-24-21-20-23-33(36)27-38(37)43(32)46-55-47(53-34-28-39(49(2,3)4)44(58)40(29-34)50(5,6)7)57-48(56-46)54-35-30-41(51(8,9)10)45(59)42(31-35)52(11,12)13/h20-21,23-26,28-31,58-59H,14-19,22,27H2,1-13H3,(H2,53,54,55,56,57). The number of nitrogens with zero attached hydrogens (tertiary/aromatic N) is 3. The van der Waals surface area contributed by atoms with Gasteiger partial charge in [0.15, 0.2) is 5.82 Å². The summed E-state index contributed by atoms with van der Waals surface area (Å²) < 4.78 is 0. The molecule has 1 aliphatic carbocycles. The quantitative estimate of drug-likeness (QED) is 0.0722. The maximum atomic E-state index is 11.6. The smallest absolute Gasteiger partial charge is 0.232 e. The maximum Gasteiger partial charge on any atom is 0.232 e. The van der Waals surface area contributed by atoms with E-state index in [1.807, 2.05) is 24.3 Å². The molecule has 0 unspecified atom stereocenters. The second kappa shape index (κ2) is 16.6. The second-order valence-corrected chi connectivity index (χ2v) is 20.9. The monoisotopic (exact) mass is 796 g/mol. The molecule has 7 nitrogen and oxygen atoms in total. The lowest BCUT2D eigenvalue weighted by atomic mass is 9.79. The summed E-state index contributed by atoms with van der Waals surface area (Å²) in [5, 5.41) is 30.3. The van der Waals surface area contributed by atoms with E-state index < -0.39 is 0 Å². The summed E-state index contributed by atoms with van der Waals surface area (Å²) in [6.45, 7) is 27.7. The normalized spacial score (nSPS) is 13.0. The van der Waals surface area contributed by atoms with Gasteiger partial charge in [-0.25, -0.2) is 0 Å². The summed E-state index contributed by atoms with van der Waals surface area (Å²) in [4.78, 5) is 15.6. The van der Waals surface area contributed by atoms with Crippen molar-refractivity contribution in [3.8, 4) is 34.0 Å². The fraction of sp³-hybridized carbons (Fsp3) is 0.481. The number of hydrogen-bond acceptors (Lipinski definition) is 7. The van der Waals surface area contributed by atoms with E-state index in [4.69, 9.17) is 15.0 Å². The lowest BCUT2D eigenvalue weighted by Gasteiger charge is -2.28. The average molecular weight is 796 g/mol. The van der Waals surface area contributed by atoms with Gasteiger partial charge >= 0.3 is 0 Å². The van der Waals surface area contributed by atoms with Crippen LogP contribution >= 0.6 is 0 Å². The second-order valence-electron chi connectivity index (χ2n) is 20.9. The van der Waals surface area contributed by atoms with Gasteiger partial charge < -0.3 is 20.8 Å². The van der Waals surface area contributed by atoms with Gasteiger partial charge in [0.1, 0.15) is 11.5 Å². The number of benzene rings is 4. The highest BCUT2D eigenvalue weighted by molar-refractivity contribution is 5.85. The summed E-state index contributed by atoms with van der Waals surface area (Å²) in [6.07, 6.45) is 9.07. The third kappa shape index (κ3) is 9.77. The average Bonchev–Trinajstić information content (AvgIpc) is 3.51. The van der Waals surface area contributed by atoms with Crippen molar-refractivity contribution < 1.29 is 10.2 Å². The molecule has 0 saturated heterocycles. The van der Waals surface area contributed by atoms with Crippen LogP contribution < -0.4 is 10.6 Å². The molecular formula is C52H69N5O2. The van der Waals surface area contributed by atoms with E-state index in [2.05, 4.69) is 137 Å². The van der Waals surface area contributed by atoms with E-state index >= 15 is 0 Å². The number of anilines is 4. The first-order valence-corrected chi connectivity index (χ1v) is 21.9. The zero-order valence-electron chi connectivity index (χ0n) is 38.2. The van der Waals surface area contributed by atoms with Crippen LogP contribution in [0.25, 0.3) is 22.5 Å². The van der Waals surface area contributed by atoms with Crippen LogP contribution in [0.2, 0.25) is 0 Å². The highest BCUT2D eigenvalue weighted by Gasteiger charge is 2.30. The van der Waals surface area contributed by atoms with Crippen molar-refractivity contribution in [3.05, 3.63) is 99.6 Å². The summed E-state index contributed by atoms with van der Waals surface area (Å²) in [5.41, 5.74) is 11.2. The zero-order chi connectivity index (χ0) is 43.1. The number of nitrogens with one attached hydrogen (secondary N) is 2. The molecule has 5 aromatic rings. The topological polar surface area (TPSA) is 103 Å². The van der Waals surface area contributed by atoms with E-state index in [1.54, 1.807) is 0 Å². The molecule has 4 aromatic carbocycles. The van der Waals surface area contributed by atoms with Crippen LogP contribution in [-0.4, -0.2) is 25.2 Å². The van der Waals surface area contributed by atoms with Gasteiger partial charge in [0.2, 0.25) is 11.9 Å². The van der Waals surface area contributed by atoms with Crippen LogP contribution in [0.1, 0.15) is 167 Å². The predicted molar refractivity (Wildman–Crippen MR) is 248 cm³/mol. The van der Waals surface area contributed by atoms with E-state index in [-0.39, 0.29) is 21.7 Å². The number of unbranched alkanes of at least 4 members (excludes halogenated alkanes) is 5. The number of aromatic hydroxyl groups is 2. The molecule has 1 heterocycles. The summed E-state index contributed by atoms with van der Waals surface area (Å²) in [6, 6.07) is 21.4. The maximum absolute atomic E-state index is 11.6. The van der Waals surface area contributed by atoms with Crippen molar-refractivity contribution in [2.75, 3.05) is 10.6 Å². The first-order valence-electron chi connectivity index (χ1n) is 21.9. The van der Waals surface area contributed by atoms with E-state index in [0.29, 0.717) is 29.2 Å². The van der Waals surface area contributed by atoms with Crippen molar-refractivity contribution in [1.29, 1.82) is 0 Å². The van der Waals surface area contributed by atoms with Crippen molar-refractivity contribution >= 4 is 23.3 Å². The molecule has 0 aliphatic heterocycles. The van der Waals surface area contributed by atoms with E-state index in [9.17, 15) is 10.2 Å². The van der Waals surface area contributed by atoms with Crippen LogP contribution in [0.3, 0.4) is 0 Å². The van der Waals surface area contributed by atoms with Gasteiger partial charge in [-0.05, 0) is 93.0 Å². The molecule has 59 heavy (non-hydrogen) atoms. The number of aromatic nitrogens is 3. The lowest BCUT2D eigenvalue weighted by molar-refractivity contribution is 0.422. The molecule has 7 heteroatoms. The molecule has 0 atom stereocenters. The van der Waals surface area contributed by atoms with Crippen molar-refractivity contribution in [3.63, 3.8) is 0 Å². The van der Waals surface area contributed by atoms with Crippen LogP contribution in [0, 0.1) is 0 Å². The predicted octanol–water partition coefficient (Wildman–Crippen LogP) is 14.1. The van der Waals surface area contributed by atoms with Gasteiger partial charge in [-0.2, -0.15) is 15.0 Å². The van der Waals surface area contributed by atoms with Gasteiger partial charge in [0.25, 0.3) is 0 Å². The van der Waals surface area contributed by atoms with Gasteiger partial charge in [0, 0.05) is 39.2 Å². The number of hydrogen-bond donors (Lipinski definition) is 4. The number of phenols is 2. The molecule has 314 valence electrons. The zero-order valence-corrected chi connectivity index (χ0v) is 38.2. The molecule has 4 N–H and O–H groups in total. The molecule has 0 bridgehead atoms. The Labute approximate surface area is 354 Å². The van der Waals surface area contributed by atoms with Crippen LogP contribution in [0.4, 0.5) is 23.3 Å². The minimum absolute atomic E-state index is 0.307. The number of fused-ring (bicyclic) bond motifs is 3. The van der Waals surface area contributed by atoms with Crippen molar-refractivity contribution in [2.45, 2.75) is 163 Å². The summed E-state index contributed by atoms with van der Waals surface area (Å²) in [7, 11) is 0. The molecule has 0 saturated carbocycles. The molecular weight excluding hydrogens is 727 g/mol. The molecule has 0 amide bonds. The number of phenolic OH excluding ortho intramolecular Hbond substituents is 2. The van der Waals surface area contributed by atoms with Crippen molar-refractivity contribution in [1.82, 2.24) is 15.0 Å². The Hall–Kier alpha value is -4.91. The molecule has 0 spiro atoms. The van der Waals surface area contributed by atoms with Gasteiger partial charge in [-0.15, -0.1) is 0 Å². The van der Waals surface area contributed by atoms with Gasteiger partial charge in [-0.1, -0.05) is 159 Å². The van der Waals surface area contributed by atoms with Gasteiger partial charge in [-0.3, -0.25) is 0 Å². The Bertz CT molecular complexity index is 2140. The SMILES string of the molecule is CCCCCCCCc1ccc2c(c1-c1nc(Nc3cc(C(C)(C)C)c(O)c(C(C)(C)C)c3)nc(Nc3cc(C(C)(C)C)c(O)c(C(C)(C)C)c3)n1)Cc1ccccc1-2. The highest BCUT2D eigenvalue weighted by Crippen LogP contribution is 2.45. The Balaban J connectivity index is 1.55. The fourth-order valence-corrected chi connectivity index (χ4v) is 8.40. The lowest BCUT2D eigenvalue weighted by Crippen LogP contribution is -2.18. The molecule has 0 radical (unpaired) electrons. The van der Waals surface area contributed by atoms with E-state index in [1.165, 1.54) is 59.9 Å². The highest BCUT2D eigenvalue weighted by atomic mass is 16.3. The third-order valence-electron chi connectivity index (χ3n) is 11.7. The first-order chi connectivity index (χ1) is 27.6. The Kier molecular flexibility index (Phi) is 12.3. The number of rotatable bonds is 12. The van der Waals surface area contributed by atoms with Crippen LogP contribution in [-0.2, 0) is 34.5 Å². The third-order valence-corrected chi connectivity index (χ3v) is 11.7. The van der Waals surface area contributed by atoms with Crippen molar-refractivity contribution in [2.24, 2.45) is 0 Å². The van der Waals surface area contributed by atoms with E-state index in [0.717, 1.165) is 58.5 Å². The summed E-state index contributed by atoms with van der Waals surface area (Å²) in [5.74, 6) is 2.08. The Morgan fingerprint density at radius 3 is 1.47 bits per heavy atom. The Morgan fingerprint density at radius 2 is 1.00 bits per heavy atom. The van der Waals surface area contributed by atoms with Gasteiger partial charge in [0.05, 0.1) is 0 Å². The largest absolute Gasteiger partial charge is 0.507 e. The Morgan fingerprint density at radius 1 is 0.542 bits per heavy atom.